The van der Waals surface area contributed by atoms with Gasteiger partial charge in [-0.2, -0.15) is 8.78 Å². The number of aliphatic hydroxyl groups excluding tert-OH is 1. The fourth-order valence-corrected chi connectivity index (χ4v) is 3.55. The normalized spacial score (nSPS) is 19.1. The number of benzene rings is 2. The van der Waals surface area contributed by atoms with Crippen molar-refractivity contribution < 1.29 is 23.0 Å². The highest BCUT2D eigenvalue weighted by molar-refractivity contribution is 8.00. The quantitative estimate of drug-likeness (QED) is 0.799. The van der Waals surface area contributed by atoms with Gasteiger partial charge in [-0.25, -0.2) is 4.39 Å². The van der Waals surface area contributed by atoms with E-state index < -0.39 is 17.2 Å². The standard InChI is InChI=1S/C15H10ClF3O2S/c1-7-11(21-10-5-8(16)4-9(17)6-10)2-3-12-13(7)14(20)15(18,19)22-12/h2-6,14,20H,1H3. The van der Waals surface area contributed by atoms with Gasteiger partial charge in [0, 0.05) is 21.5 Å². The van der Waals surface area contributed by atoms with Gasteiger partial charge in [0.1, 0.15) is 17.3 Å². The summed E-state index contributed by atoms with van der Waals surface area (Å²) in [5.74, 6) is -0.152. The lowest BCUT2D eigenvalue weighted by atomic mass is 10.0. The second kappa shape index (κ2) is 5.37. The Morgan fingerprint density at radius 2 is 2.00 bits per heavy atom. The number of ether oxygens (including phenoxy) is 1. The first-order valence-electron chi connectivity index (χ1n) is 6.30. The van der Waals surface area contributed by atoms with Gasteiger partial charge >= 0.3 is 5.25 Å². The topological polar surface area (TPSA) is 29.5 Å². The molecular weight excluding hydrogens is 337 g/mol. The van der Waals surface area contributed by atoms with Crippen molar-refractivity contribution in [2.75, 3.05) is 0 Å². The highest BCUT2D eigenvalue weighted by atomic mass is 35.5. The van der Waals surface area contributed by atoms with E-state index in [1.54, 1.807) is 6.92 Å². The zero-order chi connectivity index (χ0) is 16.1. The minimum atomic E-state index is -3.27. The Morgan fingerprint density at radius 3 is 2.68 bits per heavy atom. The third-order valence-electron chi connectivity index (χ3n) is 3.33. The third-order valence-corrected chi connectivity index (χ3v) is 4.62. The minimum Gasteiger partial charge on any atom is -0.457 e. The van der Waals surface area contributed by atoms with Crippen LogP contribution >= 0.6 is 23.4 Å². The monoisotopic (exact) mass is 346 g/mol. The first kappa shape index (κ1) is 15.5. The third kappa shape index (κ3) is 2.66. The summed E-state index contributed by atoms with van der Waals surface area (Å²) in [7, 11) is 0. The lowest BCUT2D eigenvalue weighted by Gasteiger charge is -2.15. The van der Waals surface area contributed by atoms with Gasteiger partial charge in [-0.3, -0.25) is 0 Å². The minimum absolute atomic E-state index is 0.134. The zero-order valence-corrected chi connectivity index (χ0v) is 12.8. The first-order valence-corrected chi connectivity index (χ1v) is 7.50. The molecule has 22 heavy (non-hydrogen) atoms. The molecule has 2 aromatic rings. The second-order valence-corrected chi connectivity index (χ2v) is 6.50. The smallest absolute Gasteiger partial charge is 0.327 e. The largest absolute Gasteiger partial charge is 0.457 e. The first-order chi connectivity index (χ1) is 10.3. The molecule has 0 spiro atoms. The molecule has 0 amide bonds. The Hall–Kier alpha value is -1.37. The van der Waals surface area contributed by atoms with Crippen LogP contribution in [-0.2, 0) is 0 Å². The summed E-state index contributed by atoms with van der Waals surface area (Å²) in [6, 6.07) is 6.64. The molecule has 1 atom stereocenters. The molecule has 0 aromatic heterocycles. The Kier molecular flexibility index (Phi) is 3.79. The van der Waals surface area contributed by atoms with Crippen LogP contribution in [0.5, 0.6) is 11.5 Å². The average Bonchev–Trinajstić information content (AvgIpc) is 2.63. The second-order valence-electron chi connectivity index (χ2n) is 4.87. The zero-order valence-electron chi connectivity index (χ0n) is 11.2. The van der Waals surface area contributed by atoms with E-state index in [0.29, 0.717) is 22.2 Å². The van der Waals surface area contributed by atoms with Crippen LogP contribution in [0.4, 0.5) is 13.2 Å². The van der Waals surface area contributed by atoms with Crippen LogP contribution < -0.4 is 4.74 Å². The predicted octanol–water partition coefficient (Wildman–Crippen LogP) is 5.31. The van der Waals surface area contributed by atoms with Gasteiger partial charge in [-0.15, -0.1) is 0 Å². The predicted molar refractivity (Wildman–Crippen MR) is 78.4 cm³/mol. The summed E-state index contributed by atoms with van der Waals surface area (Å²) in [4.78, 5) is 0.305. The van der Waals surface area contributed by atoms with Gasteiger partial charge in [0.05, 0.1) is 0 Å². The van der Waals surface area contributed by atoms with Gasteiger partial charge in [0.25, 0.3) is 0 Å². The Bertz CT molecular complexity index is 732. The number of alkyl halides is 2. The Morgan fingerprint density at radius 1 is 1.27 bits per heavy atom. The van der Waals surface area contributed by atoms with E-state index >= 15 is 0 Å². The number of halogens is 4. The maximum atomic E-state index is 13.6. The summed E-state index contributed by atoms with van der Waals surface area (Å²) < 4.78 is 46.0. The SMILES string of the molecule is Cc1c(Oc2cc(F)cc(Cl)c2)ccc2c1C(O)C(F)(F)S2. The average molecular weight is 347 g/mol. The highest BCUT2D eigenvalue weighted by Gasteiger charge is 2.49. The number of thioether (sulfide) groups is 1. The lowest BCUT2D eigenvalue weighted by Crippen LogP contribution is -2.16. The molecule has 1 unspecified atom stereocenters. The van der Waals surface area contributed by atoms with Crippen LogP contribution in [0.2, 0.25) is 5.02 Å². The molecule has 3 rings (SSSR count). The van der Waals surface area contributed by atoms with E-state index in [2.05, 4.69) is 0 Å². The van der Waals surface area contributed by atoms with E-state index in [9.17, 15) is 18.3 Å². The van der Waals surface area contributed by atoms with Crippen LogP contribution in [0.25, 0.3) is 0 Å². The summed E-state index contributed by atoms with van der Waals surface area (Å²) >= 11 is 6.06. The molecular formula is C15H10ClF3O2S. The van der Waals surface area contributed by atoms with E-state index in [1.807, 2.05) is 0 Å². The summed E-state index contributed by atoms with van der Waals surface area (Å²) in [6.07, 6.45) is -1.90. The van der Waals surface area contributed by atoms with Crippen molar-refractivity contribution in [2.45, 2.75) is 23.2 Å². The highest BCUT2D eigenvalue weighted by Crippen LogP contribution is 2.56. The molecule has 0 saturated carbocycles. The molecule has 1 heterocycles. The van der Waals surface area contributed by atoms with Crippen molar-refractivity contribution in [3.05, 3.63) is 52.3 Å². The Balaban J connectivity index is 1.99. The summed E-state index contributed by atoms with van der Waals surface area (Å²) in [6.45, 7) is 1.57. The maximum Gasteiger partial charge on any atom is 0.327 e. The van der Waals surface area contributed by atoms with Crippen LogP contribution in [-0.4, -0.2) is 10.4 Å². The molecule has 2 aromatic carbocycles. The molecule has 0 aliphatic carbocycles. The van der Waals surface area contributed by atoms with Crippen LogP contribution in [0, 0.1) is 12.7 Å². The number of fused-ring (bicyclic) bond motifs is 1. The molecule has 0 radical (unpaired) electrons. The Labute approximate surface area is 133 Å². The number of hydrogen-bond acceptors (Lipinski definition) is 3. The van der Waals surface area contributed by atoms with Crippen molar-refractivity contribution in [1.29, 1.82) is 0 Å². The molecule has 1 aliphatic rings. The molecule has 2 nitrogen and oxygen atoms in total. The van der Waals surface area contributed by atoms with Crippen molar-refractivity contribution in [3.8, 4) is 11.5 Å². The maximum absolute atomic E-state index is 13.6. The van der Waals surface area contributed by atoms with E-state index in [4.69, 9.17) is 16.3 Å². The van der Waals surface area contributed by atoms with Crippen LogP contribution in [0.1, 0.15) is 17.2 Å². The number of hydrogen-bond donors (Lipinski definition) is 1. The molecule has 0 saturated heterocycles. The lowest BCUT2D eigenvalue weighted by molar-refractivity contribution is -0.0313. The molecule has 7 heteroatoms. The van der Waals surface area contributed by atoms with Crippen LogP contribution in [0.3, 0.4) is 0 Å². The van der Waals surface area contributed by atoms with E-state index in [0.717, 1.165) is 12.1 Å². The molecule has 0 bridgehead atoms. The number of rotatable bonds is 2. The van der Waals surface area contributed by atoms with Crippen molar-refractivity contribution in [2.24, 2.45) is 0 Å². The van der Waals surface area contributed by atoms with Crippen molar-refractivity contribution in [1.82, 2.24) is 0 Å². The summed E-state index contributed by atoms with van der Waals surface area (Å²) in [5.41, 5.74) is 0.519. The van der Waals surface area contributed by atoms with Crippen molar-refractivity contribution in [3.63, 3.8) is 0 Å². The van der Waals surface area contributed by atoms with E-state index in [1.165, 1.54) is 18.2 Å². The van der Waals surface area contributed by atoms with Gasteiger partial charge in [0.15, 0.2) is 6.10 Å². The van der Waals surface area contributed by atoms with E-state index in [-0.39, 0.29) is 22.1 Å². The molecule has 1 aliphatic heterocycles. The fraction of sp³-hybridized carbons (Fsp3) is 0.200. The van der Waals surface area contributed by atoms with Gasteiger partial charge in [0.2, 0.25) is 0 Å². The number of aliphatic hydroxyl groups is 1. The van der Waals surface area contributed by atoms with Crippen LogP contribution in [0.15, 0.2) is 35.2 Å². The van der Waals surface area contributed by atoms with Gasteiger partial charge in [-0.1, -0.05) is 11.6 Å². The van der Waals surface area contributed by atoms with Gasteiger partial charge < -0.3 is 9.84 Å². The molecule has 116 valence electrons. The van der Waals surface area contributed by atoms with Crippen molar-refractivity contribution >= 4 is 23.4 Å². The molecule has 1 N–H and O–H groups in total. The van der Waals surface area contributed by atoms with Gasteiger partial charge in [-0.05, 0) is 48.5 Å². The summed E-state index contributed by atoms with van der Waals surface area (Å²) in [5, 5.41) is 6.65. The fourth-order valence-electron chi connectivity index (χ4n) is 2.31. The molecule has 0 fully saturated rings.